The molecule has 0 bridgehead atoms. The summed E-state index contributed by atoms with van der Waals surface area (Å²) >= 11 is 0. The maximum atomic E-state index is 12.4. The third kappa shape index (κ3) is 2.23. The molecule has 1 amide bonds. The first-order chi connectivity index (χ1) is 9.18. The summed E-state index contributed by atoms with van der Waals surface area (Å²) in [5.41, 5.74) is 1.15. The molecule has 1 N–H and O–H groups in total. The summed E-state index contributed by atoms with van der Waals surface area (Å²) in [6, 6.07) is 10.1. The Morgan fingerprint density at radius 1 is 1.16 bits per heavy atom. The van der Waals surface area contributed by atoms with Crippen molar-refractivity contribution in [3.63, 3.8) is 0 Å². The number of hydrogen-bond donors (Lipinski definition) is 1. The zero-order valence-electron chi connectivity index (χ0n) is 10.7. The molecular formula is C15H17NO3. The minimum absolute atomic E-state index is 0.0266. The third-order valence-electron chi connectivity index (χ3n) is 4.15. The fraction of sp³-hybridized carbons (Fsp3) is 0.467. The van der Waals surface area contributed by atoms with Crippen LogP contribution >= 0.6 is 0 Å². The van der Waals surface area contributed by atoms with Gasteiger partial charge in [0.25, 0.3) is 0 Å². The van der Waals surface area contributed by atoms with E-state index in [2.05, 4.69) is 0 Å². The third-order valence-corrected chi connectivity index (χ3v) is 4.15. The van der Waals surface area contributed by atoms with Crippen molar-refractivity contribution >= 4 is 11.9 Å². The van der Waals surface area contributed by atoms with Gasteiger partial charge in [-0.2, -0.15) is 0 Å². The van der Waals surface area contributed by atoms with Crippen LogP contribution in [-0.4, -0.2) is 28.4 Å². The number of nitrogens with zero attached hydrogens (tertiary/aromatic N) is 1. The minimum atomic E-state index is -0.839. The highest BCUT2D eigenvalue weighted by molar-refractivity contribution is 5.89. The van der Waals surface area contributed by atoms with Crippen LogP contribution in [0.5, 0.6) is 0 Å². The van der Waals surface area contributed by atoms with Crippen molar-refractivity contribution in [2.24, 2.45) is 11.8 Å². The fourth-order valence-corrected chi connectivity index (χ4v) is 3.01. The molecule has 4 nitrogen and oxygen atoms in total. The lowest BCUT2D eigenvalue weighted by atomic mass is 10.0. The molecule has 3 atom stereocenters. The Balaban J connectivity index is 1.74. The van der Waals surface area contributed by atoms with Crippen LogP contribution in [0, 0.1) is 11.8 Å². The molecule has 4 heteroatoms. The molecule has 19 heavy (non-hydrogen) atoms. The number of likely N-dealkylation sites (tertiary alicyclic amines) is 1. The molecule has 0 unspecified atom stereocenters. The molecule has 1 heterocycles. The molecule has 1 aliphatic heterocycles. The predicted molar refractivity (Wildman–Crippen MR) is 69.4 cm³/mol. The van der Waals surface area contributed by atoms with Crippen molar-refractivity contribution in [2.75, 3.05) is 6.54 Å². The van der Waals surface area contributed by atoms with E-state index in [9.17, 15) is 9.59 Å². The first kappa shape index (κ1) is 12.2. The van der Waals surface area contributed by atoms with Crippen molar-refractivity contribution in [2.45, 2.75) is 25.3 Å². The van der Waals surface area contributed by atoms with E-state index in [4.69, 9.17) is 5.11 Å². The number of carboxylic acid groups (broad SMARTS) is 1. The van der Waals surface area contributed by atoms with Gasteiger partial charge in [0.05, 0.1) is 17.9 Å². The number of aliphatic carboxylic acids is 1. The lowest BCUT2D eigenvalue weighted by molar-refractivity contribution is -0.142. The van der Waals surface area contributed by atoms with Crippen LogP contribution in [0.1, 0.15) is 30.9 Å². The van der Waals surface area contributed by atoms with Gasteiger partial charge in [-0.1, -0.05) is 30.3 Å². The standard InChI is InChI=1S/C15H17NO3/c17-14(11-9-12(11)15(18)19)16-8-4-7-13(16)10-5-2-1-3-6-10/h1-3,5-6,11-13H,4,7-9H2,(H,18,19)/t11-,12-,13+/m1/s1. The minimum Gasteiger partial charge on any atom is -0.481 e. The second-order valence-corrected chi connectivity index (χ2v) is 5.39. The van der Waals surface area contributed by atoms with Gasteiger partial charge in [0, 0.05) is 6.54 Å². The van der Waals surface area contributed by atoms with Gasteiger partial charge in [0.15, 0.2) is 0 Å². The molecule has 1 saturated heterocycles. The van der Waals surface area contributed by atoms with Gasteiger partial charge >= 0.3 is 5.97 Å². The smallest absolute Gasteiger partial charge is 0.307 e. The average molecular weight is 259 g/mol. The number of carboxylic acids is 1. The summed E-state index contributed by atoms with van der Waals surface area (Å²) in [6.07, 6.45) is 2.47. The highest BCUT2D eigenvalue weighted by atomic mass is 16.4. The van der Waals surface area contributed by atoms with Crippen molar-refractivity contribution in [1.29, 1.82) is 0 Å². The second kappa shape index (κ2) is 4.68. The molecule has 2 aliphatic rings. The Labute approximate surface area is 112 Å². The molecule has 1 aromatic rings. The topological polar surface area (TPSA) is 57.6 Å². The Morgan fingerprint density at radius 2 is 1.89 bits per heavy atom. The van der Waals surface area contributed by atoms with Crippen LogP contribution in [0.4, 0.5) is 0 Å². The van der Waals surface area contributed by atoms with Crippen LogP contribution < -0.4 is 0 Å². The lowest BCUT2D eigenvalue weighted by Gasteiger charge is -2.25. The summed E-state index contributed by atoms with van der Waals surface area (Å²) in [5, 5.41) is 8.93. The zero-order valence-corrected chi connectivity index (χ0v) is 10.7. The average Bonchev–Trinajstić information content (AvgIpc) is 3.08. The largest absolute Gasteiger partial charge is 0.481 e. The Bertz CT molecular complexity index is 499. The van der Waals surface area contributed by atoms with Crippen LogP contribution in [-0.2, 0) is 9.59 Å². The van der Waals surface area contributed by atoms with Gasteiger partial charge in [0.2, 0.25) is 5.91 Å². The quantitative estimate of drug-likeness (QED) is 0.904. The molecule has 0 spiro atoms. The van der Waals surface area contributed by atoms with Crippen molar-refractivity contribution < 1.29 is 14.7 Å². The number of carbonyl (C=O) groups excluding carboxylic acids is 1. The van der Waals surface area contributed by atoms with E-state index in [1.165, 1.54) is 0 Å². The molecule has 1 aromatic carbocycles. The highest BCUT2D eigenvalue weighted by Gasteiger charge is 2.51. The van der Waals surface area contributed by atoms with E-state index in [1.54, 1.807) is 0 Å². The summed E-state index contributed by atoms with van der Waals surface area (Å²) in [4.78, 5) is 25.1. The van der Waals surface area contributed by atoms with Crippen LogP contribution in [0.3, 0.4) is 0 Å². The second-order valence-electron chi connectivity index (χ2n) is 5.39. The van der Waals surface area contributed by atoms with Crippen molar-refractivity contribution in [3.8, 4) is 0 Å². The van der Waals surface area contributed by atoms with Crippen molar-refractivity contribution in [3.05, 3.63) is 35.9 Å². The molecule has 0 radical (unpaired) electrons. The molecule has 100 valence electrons. The van der Waals surface area contributed by atoms with Crippen LogP contribution in [0.15, 0.2) is 30.3 Å². The molecule has 2 fully saturated rings. The summed E-state index contributed by atoms with van der Waals surface area (Å²) in [6.45, 7) is 0.751. The zero-order chi connectivity index (χ0) is 13.4. The first-order valence-electron chi connectivity index (χ1n) is 6.76. The van der Waals surface area contributed by atoms with E-state index in [0.29, 0.717) is 6.42 Å². The van der Waals surface area contributed by atoms with E-state index < -0.39 is 11.9 Å². The highest BCUT2D eigenvalue weighted by Crippen LogP contribution is 2.43. The maximum Gasteiger partial charge on any atom is 0.307 e. The van der Waals surface area contributed by atoms with E-state index in [-0.39, 0.29) is 17.9 Å². The molecule has 1 saturated carbocycles. The number of rotatable bonds is 3. The van der Waals surface area contributed by atoms with Crippen molar-refractivity contribution in [1.82, 2.24) is 4.90 Å². The van der Waals surface area contributed by atoms with E-state index in [1.807, 2.05) is 35.2 Å². The molecule has 3 rings (SSSR count). The molecule has 1 aliphatic carbocycles. The number of amides is 1. The van der Waals surface area contributed by atoms with Gasteiger partial charge in [-0.3, -0.25) is 9.59 Å². The Morgan fingerprint density at radius 3 is 2.53 bits per heavy atom. The van der Waals surface area contributed by atoms with Gasteiger partial charge in [0.1, 0.15) is 0 Å². The molecule has 0 aromatic heterocycles. The SMILES string of the molecule is O=C(O)[C@@H]1C[C@H]1C(=O)N1CCC[C@H]1c1ccccc1. The van der Waals surface area contributed by atoms with Gasteiger partial charge in [-0.05, 0) is 24.8 Å². The van der Waals surface area contributed by atoms with Crippen LogP contribution in [0.25, 0.3) is 0 Å². The first-order valence-corrected chi connectivity index (χ1v) is 6.76. The maximum absolute atomic E-state index is 12.4. The van der Waals surface area contributed by atoms with Gasteiger partial charge in [-0.25, -0.2) is 0 Å². The number of carbonyl (C=O) groups is 2. The Kier molecular flexibility index (Phi) is 3.01. The van der Waals surface area contributed by atoms with E-state index in [0.717, 1.165) is 24.9 Å². The molecular weight excluding hydrogens is 242 g/mol. The fourth-order valence-electron chi connectivity index (χ4n) is 3.01. The lowest BCUT2D eigenvalue weighted by Crippen LogP contribution is -2.32. The summed E-state index contributed by atoms with van der Waals surface area (Å²) in [7, 11) is 0. The van der Waals surface area contributed by atoms with Gasteiger partial charge < -0.3 is 10.0 Å². The Hall–Kier alpha value is -1.84. The van der Waals surface area contributed by atoms with Crippen LogP contribution in [0.2, 0.25) is 0 Å². The predicted octanol–water partition coefficient (Wildman–Crippen LogP) is 2.07. The monoisotopic (exact) mass is 259 g/mol. The summed E-state index contributed by atoms with van der Waals surface area (Å²) < 4.78 is 0. The van der Waals surface area contributed by atoms with Gasteiger partial charge in [-0.15, -0.1) is 0 Å². The number of hydrogen-bond acceptors (Lipinski definition) is 2. The normalized spacial score (nSPS) is 29.3. The van der Waals surface area contributed by atoms with E-state index >= 15 is 0 Å². The number of benzene rings is 1. The summed E-state index contributed by atoms with van der Waals surface area (Å²) in [5.74, 6) is -1.56.